The van der Waals surface area contributed by atoms with Crippen LogP contribution < -0.4 is 10.1 Å². The number of ether oxygens (including phenoxy) is 1. The zero-order chi connectivity index (χ0) is 15.1. The Labute approximate surface area is 131 Å². The van der Waals surface area contributed by atoms with E-state index in [9.17, 15) is 0 Å². The Hall–Kier alpha value is -1.45. The topological polar surface area (TPSA) is 21.3 Å². The van der Waals surface area contributed by atoms with E-state index in [1.54, 1.807) is 11.8 Å². The van der Waals surface area contributed by atoms with Gasteiger partial charge in [-0.25, -0.2) is 0 Å². The first-order valence-electron chi connectivity index (χ1n) is 7.32. The van der Waals surface area contributed by atoms with Crippen LogP contribution in [0.3, 0.4) is 0 Å². The Kier molecular flexibility index (Phi) is 6.15. The summed E-state index contributed by atoms with van der Waals surface area (Å²) in [5.74, 6) is 0.932. The van der Waals surface area contributed by atoms with Crippen molar-refractivity contribution in [2.75, 3.05) is 12.9 Å². The van der Waals surface area contributed by atoms with Gasteiger partial charge >= 0.3 is 0 Å². The second kappa shape index (κ2) is 8.11. The molecule has 0 radical (unpaired) electrons. The minimum atomic E-state index is 0.340. The van der Waals surface area contributed by atoms with Crippen LogP contribution in [0.4, 0.5) is 0 Å². The summed E-state index contributed by atoms with van der Waals surface area (Å²) in [5, 5.41) is 3.56. The third-order valence-electron chi connectivity index (χ3n) is 3.46. The van der Waals surface area contributed by atoms with Gasteiger partial charge in [0.1, 0.15) is 5.75 Å². The fourth-order valence-corrected chi connectivity index (χ4v) is 2.56. The van der Waals surface area contributed by atoms with E-state index >= 15 is 0 Å². The molecule has 0 saturated heterocycles. The van der Waals surface area contributed by atoms with Gasteiger partial charge in [-0.05, 0) is 55.5 Å². The molecule has 0 aliphatic carbocycles. The van der Waals surface area contributed by atoms with Gasteiger partial charge in [0.2, 0.25) is 0 Å². The lowest BCUT2D eigenvalue weighted by Gasteiger charge is -2.15. The van der Waals surface area contributed by atoms with Crippen molar-refractivity contribution in [2.24, 2.45) is 0 Å². The van der Waals surface area contributed by atoms with Crippen molar-refractivity contribution in [1.29, 1.82) is 0 Å². The molecule has 2 aromatic rings. The second-order valence-electron chi connectivity index (χ2n) is 4.95. The largest absolute Gasteiger partial charge is 0.494 e. The maximum atomic E-state index is 5.46. The molecule has 0 amide bonds. The van der Waals surface area contributed by atoms with Crippen molar-refractivity contribution < 1.29 is 4.74 Å². The van der Waals surface area contributed by atoms with Gasteiger partial charge in [0, 0.05) is 17.5 Å². The lowest BCUT2D eigenvalue weighted by atomic mass is 10.1. The Morgan fingerprint density at radius 2 is 1.71 bits per heavy atom. The van der Waals surface area contributed by atoms with Crippen molar-refractivity contribution in [2.45, 2.75) is 31.3 Å². The summed E-state index contributed by atoms with van der Waals surface area (Å²) in [6.07, 6.45) is 2.10. The van der Waals surface area contributed by atoms with Crippen LogP contribution in [-0.2, 0) is 6.54 Å². The first-order valence-corrected chi connectivity index (χ1v) is 8.54. The third kappa shape index (κ3) is 4.80. The highest BCUT2D eigenvalue weighted by atomic mass is 32.2. The molecule has 0 aliphatic rings. The van der Waals surface area contributed by atoms with Crippen LogP contribution in [0.15, 0.2) is 53.4 Å². The molecular weight excluding hydrogens is 278 g/mol. The summed E-state index contributed by atoms with van der Waals surface area (Å²) in [6.45, 7) is 5.76. The maximum absolute atomic E-state index is 5.46. The zero-order valence-electron chi connectivity index (χ0n) is 12.9. The number of thioether (sulfide) groups is 1. The molecule has 0 heterocycles. The van der Waals surface area contributed by atoms with Gasteiger partial charge < -0.3 is 10.1 Å². The monoisotopic (exact) mass is 301 g/mol. The van der Waals surface area contributed by atoms with E-state index in [0.29, 0.717) is 12.6 Å². The standard InChI is InChI=1S/C18H23NOS/c1-4-20-17-9-5-15(6-10-17)13-19-14(2)16-7-11-18(21-3)12-8-16/h5-12,14,19H,4,13H2,1-3H3. The molecule has 21 heavy (non-hydrogen) atoms. The number of hydrogen-bond acceptors (Lipinski definition) is 3. The average Bonchev–Trinajstić information content (AvgIpc) is 2.54. The van der Waals surface area contributed by atoms with Crippen LogP contribution in [0, 0.1) is 0 Å². The van der Waals surface area contributed by atoms with E-state index in [0.717, 1.165) is 12.3 Å². The summed E-state index contributed by atoms with van der Waals surface area (Å²) in [6, 6.07) is 17.4. The van der Waals surface area contributed by atoms with Crippen LogP contribution in [0.5, 0.6) is 5.75 Å². The van der Waals surface area contributed by atoms with Crippen LogP contribution in [0.2, 0.25) is 0 Å². The van der Waals surface area contributed by atoms with Crippen LogP contribution in [0.25, 0.3) is 0 Å². The van der Waals surface area contributed by atoms with E-state index in [-0.39, 0.29) is 0 Å². The lowest BCUT2D eigenvalue weighted by Crippen LogP contribution is -2.17. The Balaban J connectivity index is 1.88. The molecule has 2 rings (SSSR count). The highest BCUT2D eigenvalue weighted by Crippen LogP contribution is 2.19. The molecule has 0 fully saturated rings. The van der Waals surface area contributed by atoms with Crippen molar-refractivity contribution in [1.82, 2.24) is 5.32 Å². The number of rotatable bonds is 7. The van der Waals surface area contributed by atoms with Crippen LogP contribution in [0.1, 0.15) is 31.0 Å². The van der Waals surface area contributed by atoms with Crippen LogP contribution >= 0.6 is 11.8 Å². The molecule has 2 nitrogen and oxygen atoms in total. The number of benzene rings is 2. The third-order valence-corrected chi connectivity index (χ3v) is 4.21. The fraction of sp³-hybridized carbons (Fsp3) is 0.333. The van der Waals surface area contributed by atoms with Gasteiger partial charge in [-0.2, -0.15) is 0 Å². The first-order chi connectivity index (χ1) is 10.2. The molecule has 2 aromatic carbocycles. The van der Waals surface area contributed by atoms with E-state index in [2.05, 4.69) is 54.9 Å². The predicted octanol–water partition coefficient (Wildman–Crippen LogP) is 4.66. The average molecular weight is 301 g/mol. The zero-order valence-corrected chi connectivity index (χ0v) is 13.7. The highest BCUT2D eigenvalue weighted by Gasteiger charge is 2.05. The predicted molar refractivity (Wildman–Crippen MR) is 91.1 cm³/mol. The molecule has 3 heteroatoms. The van der Waals surface area contributed by atoms with Crippen molar-refractivity contribution in [3.63, 3.8) is 0 Å². The van der Waals surface area contributed by atoms with Gasteiger partial charge in [0.15, 0.2) is 0 Å². The molecule has 0 saturated carbocycles. The quantitative estimate of drug-likeness (QED) is 0.752. The SMILES string of the molecule is CCOc1ccc(CNC(C)c2ccc(SC)cc2)cc1. The second-order valence-corrected chi connectivity index (χ2v) is 5.83. The smallest absolute Gasteiger partial charge is 0.119 e. The molecule has 0 aromatic heterocycles. The van der Waals surface area contributed by atoms with E-state index in [1.807, 2.05) is 19.1 Å². The molecule has 1 atom stereocenters. The molecule has 0 aliphatic heterocycles. The lowest BCUT2D eigenvalue weighted by molar-refractivity contribution is 0.340. The van der Waals surface area contributed by atoms with E-state index in [1.165, 1.54) is 16.0 Å². The van der Waals surface area contributed by atoms with Crippen molar-refractivity contribution in [3.05, 3.63) is 59.7 Å². The number of hydrogen-bond donors (Lipinski definition) is 1. The highest BCUT2D eigenvalue weighted by molar-refractivity contribution is 7.98. The fourth-order valence-electron chi connectivity index (χ4n) is 2.15. The van der Waals surface area contributed by atoms with E-state index in [4.69, 9.17) is 4.74 Å². The van der Waals surface area contributed by atoms with E-state index < -0.39 is 0 Å². The summed E-state index contributed by atoms with van der Waals surface area (Å²) in [4.78, 5) is 1.30. The molecule has 0 bridgehead atoms. The van der Waals surface area contributed by atoms with Gasteiger partial charge in [0.25, 0.3) is 0 Å². The minimum Gasteiger partial charge on any atom is -0.494 e. The number of nitrogens with one attached hydrogen (secondary N) is 1. The molecular formula is C18H23NOS. The van der Waals surface area contributed by atoms with Crippen molar-refractivity contribution in [3.8, 4) is 5.75 Å². The van der Waals surface area contributed by atoms with Gasteiger partial charge in [-0.3, -0.25) is 0 Å². The molecule has 0 spiro atoms. The summed E-state index contributed by atoms with van der Waals surface area (Å²) < 4.78 is 5.46. The first kappa shape index (κ1) is 15.9. The molecule has 112 valence electrons. The molecule has 1 N–H and O–H groups in total. The summed E-state index contributed by atoms with van der Waals surface area (Å²) in [7, 11) is 0. The van der Waals surface area contributed by atoms with Gasteiger partial charge in [0.05, 0.1) is 6.61 Å². The Morgan fingerprint density at radius 3 is 2.29 bits per heavy atom. The van der Waals surface area contributed by atoms with Gasteiger partial charge in [-0.1, -0.05) is 24.3 Å². The maximum Gasteiger partial charge on any atom is 0.119 e. The summed E-state index contributed by atoms with van der Waals surface area (Å²) >= 11 is 1.77. The minimum absolute atomic E-state index is 0.340. The summed E-state index contributed by atoms with van der Waals surface area (Å²) in [5.41, 5.74) is 2.59. The van der Waals surface area contributed by atoms with Crippen molar-refractivity contribution >= 4 is 11.8 Å². The van der Waals surface area contributed by atoms with Crippen LogP contribution in [-0.4, -0.2) is 12.9 Å². The Morgan fingerprint density at radius 1 is 1.05 bits per heavy atom. The van der Waals surface area contributed by atoms with Gasteiger partial charge in [-0.15, -0.1) is 11.8 Å². The molecule has 1 unspecified atom stereocenters. The Bertz CT molecular complexity index is 536. The normalized spacial score (nSPS) is 12.1.